The molecule has 1 aromatic heterocycles. The van der Waals surface area contributed by atoms with Gasteiger partial charge in [0.2, 0.25) is 5.82 Å². The van der Waals surface area contributed by atoms with Crippen LogP contribution in [0.25, 0.3) is 11.4 Å². The average molecular weight is 232 g/mol. The maximum absolute atomic E-state index is 10.7. The first-order chi connectivity index (χ1) is 7.99. The Morgan fingerprint density at radius 2 is 1.82 bits per heavy atom. The molecule has 17 heavy (non-hydrogen) atoms. The molecule has 0 aliphatic carbocycles. The Morgan fingerprint density at radius 1 is 1.24 bits per heavy atom. The maximum Gasteiger partial charge on any atom is 0.394 e. The quantitative estimate of drug-likeness (QED) is 0.860. The van der Waals surface area contributed by atoms with Gasteiger partial charge in [0.05, 0.1) is 0 Å². The van der Waals surface area contributed by atoms with Crippen LogP contribution >= 0.6 is 0 Å². The van der Waals surface area contributed by atoms with Gasteiger partial charge in [-0.15, -0.1) is 0 Å². The van der Waals surface area contributed by atoms with E-state index >= 15 is 0 Å². The van der Waals surface area contributed by atoms with Crippen molar-refractivity contribution in [3.8, 4) is 11.4 Å². The monoisotopic (exact) mass is 232 g/mol. The van der Waals surface area contributed by atoms with E-state index in [-0.39, 0.29) is 5.89 Å². The molecule has 0 bridgehead atoms. The summed E-state index contributed by atoms with van der Waals surface area (Å²) < 4.78 is 4.66. The van der Waals surface area contributed by atoms with E-state index in [2.05, 4.69) is 14.7 Å². The number of benzene rings is 1. The van der Waals surface area contributed by atoms with Crippen LogP contribution in [0, 0.1) is 20.8 Å². The zero-order chi connectivity index (χ0) is 12.6. The Kier molecular flexibility index (Phi) is 2.67. The van der Waals surface area contributed by atoms with E-state index in [1.807, 2.05) is 32.9 Å². The van der Waals surface area contributed by atoms with Gasteiger partial charge in [0, 0.05) is 5.56 Å². The lowest BCUT2D eigenvalue weighted by molar-refractivity contribution is 0.0643. The summed E-state index contributed by atoms with van der Waals surface area (Å²) in [4.78, 5) is 14.5. The van der Waals surface area contributed by atoms with E-state index in [1.54, 1.807) is 0 Å². The Bertz CT molecular complexity index is 564. The van der Waals surface area contributed by atoms with E-state index in [0.717, 1.165) is 22.3 Å². The van der Waals surface area contributed by atoms with Crippen molar-refractivity contribution in [2.75, 3.05) is 0 Å². The number of hydrogen-bond acceptors (Lipinski definition) is 4. The number of carboxylic acids is 1. The van der Waals surface area contributed by atoms with E-state index in [0.29, 0.717) is 5.82 Å². The van der Waals surface area contributed by atoms with Crippen LogP contribution in [-0.4, -0.2) is 21.2 Å². The van der Waals surface area contributed by atoms with E-state index in [1.165, 1.54) is 0 Å². The second kappa shape index (κ2) is 4.01. The number of aromatic carboxylic acids is 1. The summed E-state index contributed by atoms with van der Waals surface area (Å²) in [6.07, 6.45) is 0. The van der Waals surface area contributed by atoms with Crippen molar-refractivity contribution in [2.24, 2.45) is 0 Å². The minimum absolute atomic E-state index is 0.317. The number of hydrogen-bond donors (Lipinski definition) is 1. The number of carbonyl (C=O) groups is 1. The highest BCUT2D eigenvalue weighted by molar-refractivity contribution is 5.82. The molecule has 0 radical (unpaired) electrons. The fourth-order valence-electron chi connectivity index (χ4n) is 1.94. The van der Waals surface area contributed by atoms with Crippen molar-refractivity contribution in [2.45, 2.75) is 20.8 Å². The molecule has 0 aliphatic rings. The molecular weight excluding hydrogens is 220 g/mol. The van der Waals surface area contributed by atoms with Gasteiger partial charge in [-0.1, -0.05) is 22.9 Å². The number of rotatable bonds is 2. The van der Waals surface area contributed by atoms with Crippen LogP contribution < -0.4 is 0 Å². The Hall–Kier alpha value is -2.17. The molecule has 1 aromatic carbocycles. The molecule has 2 aromatic rings. The van der Waals surface area contributed by atoms with Crippen molar-refractivity contribution in [1.82, 2.24) is 10.1 Å². The van der Waals surface area contributed by atoms with Crippen LogP contribution in [0.4, 0.5) is 0 Å². The van der Waals surface area contributed by atoms with Crippen LogP contribution in [0.2, 0.25) is 0 Å². The van der Waals surface area contributed by atoms with Gasteiger partial charge >= 0.3 is 11.9 Å². The van der Waals surface area contributed by atoms with E-state index in [4.69, 9.17) is 5.11 Å². The highest BCUT2D eigenvalue weighted by Gasteiger charge is 2.17. The lowest BCUT2D eigenvalue weighted by Crippen LogP contribution is -1.96. The molecular formula is C12H12N2O3. The number of aromatic nitrogens is 2. The molecule has 0 spiro atoms. The van der Waals surface area contributed by atoms with Gasteiger partial charge in [0.25, 0.3) is 0 Å². The van der Waals surface area contributed by atoms with Crippen LogP contribution in [0.15, 0.2) is 16.7 Å². The normalized spacial score (nSPS) is 10.5. The number of aryl methyl sites for hydroxylation is 3. The summed E-state index contributed by atoms with van der Waals surface area (Å²) >= 11 is 0. The minimum Gasteiger partial charge on any atom is -0.474 e. The van der Waals surface area contributed by atoms with Crippen LogP contribution in [0.5, 0.6) is 0 Å². The Labute approximate surface area is 98.1 Å². The minimum atomic E-state index is -1.22. The molecule has 5 nitrogen and oxygen atoms in total. The first-order valence-corrected chi connectivity index (χ1v) is 5.14. The van der Waals surface area contributed by atoms with Gasteiger partial charge in [-0.2, -0.15) is 4.98 Å². The third-order valence-corrected chi connectivity index (χ3v) is 2.51. The zero-order valence-electron chi connectivity index (χ0n) is 9.81. The van der Waals surface area contributed by atoms with Crippen molar-refractivity contribution < 1.29 is 14.4 Å². The van der Waals surface area contributed by atoms with Gasteiger partial charge < -0.3 is 9.63 Å². The van der Waals surface area contributed by atoms with Gasteiger partial charge in [0.15, 0.2) is 0 Å². The third-order valence-electron chi connectivity index (χ3n) is 2.51. The predicted octanol–water partition coefficient (Wildman–Crippen LogP) is 2.36. The molecule has 88 valence electrons. The summed E-state index contributed by atoms with van der Waals surface area (Å²) in [5.41, 5.74) is 3.97. The summed E-state index contributed by atoms with van der Waals surface area (Å²) in [6, 6.07) is 4.00. The molecule has 1 N–H and O–H groups in total. The first kappa shape index (κ1) is 11.3. The molecule has 0 atom stereocenters. The average Bonchev–Trinajstić information content (AvgIpc) is 2.65. The first-order valence-electron chi connectivity index (χ1n) is 5.14. The summed E-state index contributed by atoms with van der Waals surface area (Å²) in [5.74, 6) is -1.29. The molecule has 5 heteroatoms. The third kappa shape index (κ3) is 2.04. The SMILES string of the molecule is Cc1cc(C)c(-c2noc(C(=O)O)n2)c(C)c1. The highest BCUT2D eigenvalue weighted by Crippen LogP contribution is 2.25. The lowest BCUT2D eigenvalue weighted by atomic mass is 9.99. The molecule has 0 saturated carbocycles. The van der Waals surface area contributed by atoms with Crippen LogP contribution in [0.3, 0.4) is 0 Å². The van der Waals surface area contributed by atoms with Crippen LogP contribution in [-0.2, 0) is 0 Å². The zero-order valence-corrected chi connectivity index (χ0v) is 9.81. The largest absolute Gasteiger partial charge is 0.474 e. The maximum atomic E-state index is 10.7. The topological polar surface area (TPSA) is 76.2 Å². The summed E-state index contributed by atoms with van der Waals surface area (Å²) in [6.45, 7) is 5.88. The van der Waals surface area contributed by atoms with Gasteiger partial charge in [-0.25, -0.2) is 4.79 Å². The van der Waals surface area contributed by atoms with Crippen molar-refractivity contribution in [3.63, 3.8) is 0 Å². The summed E-state index contributed by atoms with van der Waals surface area (Å²) in [5, 5.41) is 12.4. The van der Waals surface area contributed by atoms with Gasteiger partial charge in [-0.3, -0.25) is 0 Å². The smallest absolute Gasteiger partial charge is 0.394 e. The van der Waals surface area contributed by atoms with Crippen LogP contribution in [0.1, 0.15) is 27.4 Å². The second-order valence-corrected chi connectivity index (χ2v) is 4.00. The predicted molar refractivity (Wildman–Crippen MR) is 60.9 cm³/mol. The molecule has 2 rings (SSSR count). The van der Waals surface area contributed by atoms with Crippen molar-refractivity contribution >= 4 is 5.97 Å². The second-order valence-electron chi connectivity index (χ2n) is 4.00. The Morgan fingerprint density at radius 3 is 2.29 bits per heavy atom. The van der Waals surface area contributed by atoms with E-state index in [9.17, 15) is 4.79 Å². The lowest BCUT2D eigenvalue weighted by Gasteiger charge is -2.06. The summed E-state index contributed by atoms with van der Waals surface area (Å²) in [7, 11) is 0. The van der Waals surface area contributed by atoms with Crippen molar-refractivity contribution in [1.29, 1.82) is 0 Å². The number of nitrogens with zero attached hydrogens (tertiary/aromatic N) is 2. The molecule has 0 fully saturated rings. The molecule has 0 aliphatic heterocycles. The fourth-order valence-corrected chi connectivity index (χ4v) is 1.94. The van der Waals surface area contributed by atoms with Crippen molar-refractivity contribution in [3.05, 3.63) is 34.7 Å². The van der Waals surface area contributed by atoms with E-state index < -0.39 is 5.97 Å². The molecule has 0 amide bonds. The highest BCUT2D eigenvalue weighted by atomic mass is 16.5. The fraction of sp³-hybridized carbons (Fsp3) is 0.250. The Balaban J connectivity index is 2.56. The standard InChI is InChI=1S/C12H12N2O3/c1-6-4-7(2)9(8(3)5-6)10-13-11(12(15)16)17-14-10/h4-5H,1-3H3,(H,15,16). The van der Waals surface area contributed by atoms with Gasteiger partial charge in [-0.05, 0) is 31.9 Å². The molecule has 0 saturated heterocycles. The van der Waals surface area contributed by atoms with Gasteiger partial charge in [0.1, 0.15) is 0 Å². The molecule has 0 unspecified atom stereocenters. The number of carboxylic acid groups (broad SMARTS) is 1. The molecule has 1 heterocycles.